The Morgan fingerprint density at radius 1 is 1.56 bits per heavy atom. The molecule has 0 spiro atoms. The largest absolute Gasteiger partial charge is 0.395 e. The van der Waals surface area contributed by atoms with E-state index in [-0.39, 0.29) is 0 Å². The normalized spacial score (nSPS) is 25.0. The number of aliphatic hydroxyl groups is 1. The van der Waals surface area contributed by atoms with Crippen LogP contribution in [-0.4, -0.2) is 24.3 Å². The standard InChI is InChI=1S/C5H11NO.C2H6/c7-4-5-2-1-3-6-5;1-2/h5-7H,1-4H2;1-2H3/t5-;/m0./s1. The number of rotatable bonds is 1. The molecule has 0 bridgehead atoms. The third-order valence-corrected chi connectivity index (χ3v) is 1.38. The lowest BCUT2D eigenvalue weighted by Gasteiger charge is -2.01. The molecule has 56 valence electrons. The summed E-state index contributed by atoms with van der Waals surface area (Å²) < 4.78 is 0. The monoisotopic (exact) mass is 131 g/mol. The first-order valence-corrected chi connectivity index (χ1v) is 3.77. The zero-order chi connectivity index (χ0) is 7.11. The van der Waals surface area contributed by atoms with Gasteiger partial charge in [0.25, 0.3) is 0 Å². The summed E-state index contributed by atoms with van der Waals surface area (Å²) in [5, 5.41) is 11.7. The fourth-order valence-electron chi connectivity index (χ4n) is 0.913. The van der Waals surface area contributed by atoms with E-state index >= 15 is 0 Å². The van der Waals surface area contributed by atoms with Gasteiger partial charge >= 0.3 is 0 Å². The topological polar surface area (TPSA) is 32.3 Å². The summed E-state index contributed by atoms with van der Waals surface area (Å²) in [4.78, 5) is 0. The molecule has 0 unspecified atom stereocenters. The summed E-state index contributed by atoms with van der Waals surface area (Å²) in [5.41, 5.74) is 0. The van der Waals surface area contributed by atoms with Crippen molar-refractivity contribution in [3.8, 4) is 0 Å². The molecular formula is C7H17NO. The predicted octanol–water partition coefficient (Wildman–Crippen LogP) is 0.757. The molecule has 0 aliphatic carbocycles. The lowest BCUT2D eigenvalue weighted by molar-refractivity contribution is 0.255. The van der Waals surface area contributed by atoms with E-state index in [0.29, 0.717) is 12.6 Å². The van der Waals surface area contributed by atoms with Crippen LogP contribution in [0.25, 0.3) is 0 Å². The van der Waals surface area contributed by atoms with Crippen molar-refractivity contribution in [2.24, 2.45) is 0 Å². The van der Waals surface area contributed by atoms with E-state index in [2.05, 4.69) is 5.32 Å². The molecule has 1 fully saturated rings. The summed E-state index contributed by atoms with van der Waals surface area (Å²) >= 11 is 0. The van der Waals surface area contributed by atoms with Gasteiger partial charge in [-0.3, -0.25) is 0 Å². The van der Waals surface area contributed by atoms with Crippen molar-refractivity contribution in [1.82, 2.24) is 5.32 Å². The smallest absolute Gasteiger partial charge is 0.0584 e. The number of nitrogens with one attached hydrogen (secondary N) is 1. The lowest BCUT2D eigenvalue weighted by Crippen LogP contribution is -2.24. The van der Waals surface area contributed by atoms with Crippen LogP contribution in [0.4, 0.5) is 0 Å². The molecule has 1 aliphatic heterocycles. The Hall–Kier alpha value is -0.0800. The van der Waals surface area contributed by atoms with Crippen LogP contribution in [0.2, 0.25) is 0 Å². The lowest BCUT2D eigenvalue weighted by atomic mass is 10.2. The van der Waals surface area contributed by atoms with Gasteiger partial charge in [0.1, 0.15) is 0 Å². The van der Waals surface area contributed by atoms with Crippen molar-refractivity contribution < 1.29 is 5.11 Å². The summed E-state index contributed by atoms with van der Waals surface area (Å²) in [7, 11) is 0. The third kappa shape index (κ3) is 3.49. The molecule has 1 rings (SSSR count). The van der Waals surface area contributed by atoms with Crippen LogP contribution in [0.15, 0.2) is 0 Å². The molecular weight excluding hydrogens is 114 g/mol. The Morgan fingerprint density at radius 3 is 2.44 bits per heavy atom. The van der Waals surface area contributed by atoms with Crippen molar-refractivity contribution in [2.45, 2.75) is 32.7 Å². The van der Waals surface area contributed by atoms with Gasteiger partial charge in [0, 0.05) is 6.04 Å². The van der Waals surface area contributed by atoms with Crippen LogP contribution >= 0.6 is 0 Å². The minimum atomic E-state index is 0.306. The van der Waals surface area contributed by atoms with Gasteiger partial charge in [0.2, 0.25) is 0 Å². The summed E-state index contributed by atoms with van der Waals surface area (Å²) in [5.74, 6) is 0. The Labute approximate surface area is 57.3 Å². The Balaban J connectivity index is 0.000000291. The number of hydrogen-bond donors (Lipinski definition) is 2. The highest BCUT2D eigenvalue weighted by atomic mass is 16.3. The quantitative estimate of drug-likeness (QED) is 0.550. The maximum absolute atomic E-state index is 8.50. The Bertz CT molecular complexity index is 50.9. The zero-order valence-electron chi connectivity index (χ0n) is 6.35. The Morgan fingerprint density at radius 2 is 2.22 bits per heavy atom. The van der Waals surface area contributed by atoms with Crippen molar-refractivity contribution in [3.05, 3.63) is 0 Å². The van der Waals surface area contributed by atoms with Gasteiger partial charge in [-0.15, -0.1) is 0 Å². The van der Waals surface area contributed by atoms with Gasteiger partial charge in [0.05, 0.1) is 6.61 Å². The van der Waals surface area contributed by atoms with E-state index in [9.17, 15) is 0 Å². The van der Waals surface area contributed by atoms with E-state index in [4.69, 9.17) is 5.11 Å². The first kappa shape index (κ1) is 8.92. The van der Waals surface area contributed by atoms with Crippen molar-refractivity contribution >= 4 is 0 Å². The first-order chi connectivity index (χ1) is 4.43. The molecule has 0 aromatic carbocycles. The van der Waals surface area contributed by atoms with Crippen LogP contribution < -0.4 is 5.32 Å². The predicted molar refractivity (Wildman–Crippen MR) is 39.5 cm³/mol. The van der Waals surface area contributed by atoms with Crippen LogP contribution in [0.1, 0.15) is 26.7 Å². The summed E-state index contributed by atoms with van der Waals surface area (Å²) in [6.07, 6.45) is 2.38. The first-order valence-electron chi connectivity index (χ1n) is 3.77. The molecule has 0 saturated carbocycles. The number of aliphatic hydroxyl groups excluding tert-OH is 1. The maximum Gasteiger partial charge on any atom is 0.0584 e. The maximum atomic E-state index is 8.50. The molecule has 1 atom stereocenters. The summed E-state index contributed by atoms with van der Waals surface area (Å²) in [6, 6.07) is 0.403. The average Bonchev–Trinajstić information content (AvgIpc) is 2.43. The van der Waals surface area contributed by atoms with Gasteiger partial charge < -0.3 is 10.4 Å². The highest BCUT2D eigenvalue weighted by Gasteiger charge is 2.10. The van der Waals surface area contributed by atoms with E-state index in [1.165, 1.54) is 6.42 Å². The van der Waals surface area contributed by atoms with Gasteiger partial charge in [-0.05, 0) is 19.4 Å². The molecule has 2 N–H and O–H groups in total. The van der Waals surface area contributed by atoms with Crippen molar-refractivity contribution in [1.29, 1.82) is 0 Å². The second-order valence-electron chi connectivity index (χ2n) is 1.98. The van der Waals surface area contributed by atoms with Gasteiger partial charge in [-0.2, -0.15) is 0 Å². The van der Waals surface area contributed by atoms with Crippen LogP contribution in [0.5, 0.6) is 0 Å². The molecule has 2 nitrogen and oxygen atoms in total. The van der Waals surface area contributed by atoms with Crippen LogP contribution in [-0.2, 0) is 0 Å². The molecule has 9 heavy (non-hydrogen) atoms. The third-order valence-electron chi connectivity index (χ3n) is 1.38. The van der Waals surface area contributed by atoms with Crippen molar-refractivity contribution in [2.75, 3.05) is 13.2 Å². The molecule has 1 heterocycles. The highest BCUT2D eigenvalue weighted by molar-refractivity contribution is 4.71. The summed E-state index contributed by atoms with van der Waals surface area (Å²) in [6.45, 7) is 5.39. The zero-order valence-corrected chi connectivity index (χ0v) is 6.35. The average molecular weight is 131 g/mol. The molecule has 0 radical (unpaired) electrons. The van der Waals surface area contributed by atoms with E-state index in [1.807, 2.05) is 13.8 Å². The van der Waals surface area contributed by atoms with E-state index < -0.39 is 0 Å². The van der Waals surface area contributed by atoms with Crippen LogP contribution in [0.3, 0.4) is 0 Å². The fourth-order valence-corrected chi connectivity index (χ4v) is 0.913. The van der Waals surface area contributed by atoms with Gasteiger partial charge in [-0.25, -0.2) is 0 Å². The van der Waals surface area contributed by atoms with E-state index in [1.54, 1.807) is 0 Å². The fraction of sp³-hybridized carbons (Fsp3) is 1.00. The number of hydrogen-bond acceptors (Lipinski definition) is 2. The molecule has 2 heteroatoms. The second-order valence-corrected chi connectivity index (χ2v) is 1.98. The van der Waals surface area contributed by atoms with Crippen molar-refractivity contribution in [3.63, 3.8) is 0 Å². The minimum Gasteiger partial charge on any atom is -0.395 e. The SMILES string of the molecule is CC.OC[C@@H]1CCCN1. The second kappa shape index (κ2) is 6.05. The van der Waals surface area contributed by atoms with Crippen LogP contribution in [0, 0.1) is 0 Å². The molecule has 0 amide bonds. The minimum absolute atomic E-state index is 0.306. The van der Waals surface area contributed by atoms with Gasteiger partial charge in [-0.1, -0.05) is 13.8 Å². The van der Waals surface area contributed by atoms with Gasteiger partial charge in [0.15, 0.2) is 0 Å². The molecule has 0 aromatic rings. The molecule has 0 aromatic heterocycles. The molecule has 1 saturated heterocycles. The molecule has 1 aliphatic rings. The highest BCUT2D eigenvalue weighted by Crippen LogP contribution is 2.02. The Kier molecular flexibility index (Phi) is 5.99. The van der Waals surface area contributed by atoms with E-state index in [0.717, 1.165) is 13.0 Å².